The number of aliphatic hydroxyl groups excluding tert-OH is 1. The topological polar surface area (TPSA) is 72.2 Å². The molecule has 1 saturated carbocycles. The third-order valence-electron chi connectivity index (χ3n) is 3.69. The first kappa shape index (κ1) is 11.7. The van der Waals surface area contributed by atoms with Crippen molar-refractivity contribution >= 4 is 0 Å². The number of hydrogen-bond acceptors (Lipinski definition) is 3. The Morgan fingerprint density at radius 2 is 2.19 bits per heavy atom. The van der Waals surface area contributed by atoms with Gasteiger partial charge in [0.15, 0.2) is 0 Å². The molecule has 1 N–H and O–H groups in total. The van der Waals surface area contributed by atoms with Crippen LogP contribution >= 0.6 is 0 Å². The summed E-state index contributed by atoms with van der Waals surface area (Å²) in [6.45, 7) is 3.28. The Morgan fingerprint density at radius 1 is 1.38 bits per heavy atom. The van der Waals surface area contributed by atoms with E-state index in [1.807, 2.05) is 0 Å². The van der Waals surface area contributed by atoms with Crippen LogP contribution in [0, 0.1) is 11.8 Å². The van der Waals surface area contributed by atoms with Crippen molar-refractivity contribution in [1.82, 2.24) is 4.90 Å². The van der Waals surface area contributed by atoms with Crippen LogP contribution in [0.2, 0.25) is 0 Å². The average molecular weight is 224 g/mol. The van der Waals surface area contributed by atoms with Gasteiger partial charge in [-0.3, -0.25) is 0 Å². The number of rotatable bonds is 5. The average Bonchev–Trinajstić information content (AvgIpc) is 3.07. The van der Waals surface area contributed by atoms with E-state index < -0.39 is 0 Å². The highest BCUT2D eigenvalue weighted by atomic mass is 16.3. The SMILES string of the molecule is [N-]=[N+]=NCCN1CC[C@H](O)[C@@H](CC2CC2)C1. The van der Waals surface area contributed by atoms with Crippen molar-refractivity contribution in [3.8, 4) is 0 Å². The second kappa shape index (κ2) is 5.53. The summed E-state index contributed by atoms with van der Waals surface area (Å²) in [4.78, 5) is 5.08. The van der Waals surface area contributed by atoms with Gasteiger partial charge in [0, 0.05) is 31.1 Å². The van der Waals surface area contributed by atoms with Crippen molar-refractivity contribution in [2.24, 2.45) is 17.0 Å². The van der Waals surface area contributed by atoms with Gasteiger partial charge in [-0.1, -0.05) is 18.0 Å². The Bertz CT molecular complexity index is 273. The molecule has 0 radical (unpaired) electrons. The molecule has 2 aliphatic rings. The molecule has 2 atom stereocenters. The first-order chi connectivity index (χ1) is 7.79. The highest BCUT2D eigenvalue weighted by Crippen LogP contribution is 2.37. The molecule has 1 aliphatic carbocycles. The number of azide groups is 1. The summed E-state index contributed by atoms with van der Waals surface area (Å²) in [5.41, 5.74) is 8.22. The zero-order valence-corrected chi connectivity index (χ0v) is 9.62. The monoisotopic (exact) mass is 224 g/mol. The van der Waals surface area contributed by atoms with Gasteiger partial charge in [0.05, 0.1) is 6.10 Å². The van der Waals surface area contributed by atoms with Crippen LogP contribution in [-0.4, -0.2) is 42.3 Å². The zero-order chi connectivity index (χ0) is 11.4. The van der Waals surface area contributed by atoms with E-state index in [4.69, 9.17) is 5.53 Å². The van der Waals surface area contributed by atoms with E-state index in [0.717, 1.165) is 32.0 Å². The first-order valence-electron chi connectivity index (χ1n) is 6.21. The molecule has 0 bridgehead atoms. The lowest BCUT2D eigenvalue weighted by atomic mass is 9.90. The minimum absolute atomic E-state index is 0.115. The molecular weight excluding hydrogens is 204 g/mol. The summed E-state index contributed by atoms with van der Waals surface area (Å²) >= 11 is 0. The standard InChI is InChI=1S/C11H20N4O/c12-14-13-4-6-15-5-3-11(16)10(8-15)7-9-1-2-9/h9-11,16H,1-8H2/t10-,11-/m0/s1. The molecule has 90 valence electrons. The van der Waals surface area contributed by atoms with Crippen LogP contribution in [0.15, 0.2) is 5.11 Å². The maximum Gasteiger partial charge on any atom is 0.0592 e. The molecule has 1 aliphatic heterocycles. The van der Waals surface area contributed by atoms with Crippen molar-refractivity contribution in [2.45, 2.75) is 31.8 Å². The van der Waals surface area contributed by atoms with E-state index in [-0.39, 0.29) is 6.10 Å². The fourth-order valence-electron chi connectivity index (χ4n) is 2.54. The van der Waals surface area contributed by atoms with Gasteiger partial charge >= 0.3 is 0 Å². The lowest BCUT2D eigenvalue weighted by molar-refractivity contribution is 0.0217. The molecule has 1 heterocycles. The quantitative estimate of drug-likeness (QED) is 0.439. The third kappa shape index (κ3) is 3.37. The Labute approximate surface area is 96.1 Å². The maximum absolute atomic E-state index is 9.93. The van der Waals surface area contributed by atoms with Gasteiger partial charge in [-0.2, -0.15) is 0 Å². The van der Waals surface area contributed by atoms with Crippen molar-refractivity contribution < 1.29 is 5.11 Å². The minimum atomic E-state index is -0.115. The van der Waals surface area contributed by atoms with Crippen LogP contribution in [0.3, 0.4) is 0 Å². The molecular formula is C11H20N4O. The maximum atomic E-state index is 9.93. The summed E-state index contributed by atoms with van der Waals surface area (Å²) in [5, 5.41) is 13.5. The Hall–Kier alpha value is -0.770. The second-order valence-corrected chi connectivity index (χ2v) is 5.05. The van der Waals surface area contributed by atoms with Gasteiger partial charge in [-0.15, -0.1) is 0 Å². The van der Waals surface area contributed by atoms with E-state index >= 15 is 0 Å². The molecule has 0 aromatic rings. The normalized spacial score (nSPS) is 31.1. The largest absolute Gasteiger partial charge is 0.393 e. The van der Waals surface area contributed by atoms with Crippen LogP contribution in [0.25, 0.3) is 10.4 Å². The zero-order valence-electron chi connectivity index (χ0n) is 9.62. The molecule has 1 saturated heterocycles. The molecule has 5 nitrogen and oxygen atoms in total. The molecule has 2 rings (SSSR count). The lowest BCUT2D eigenvalue weighted by Crippen LogP contribution is -2.44. The van der Waals surface area contributed by atoms with Crippen LogP contribution in [0.1, 0.15) is 25.7 Å². The number of aliphatic hydroxyl groups is 1. The second-order valence-electron chi connectivity index (χ2n) is 5.05. The van der Waals surface area contributed by atoms with Crippen LogP contribution < -0.4 is 0 Å². The molecule has 0 amide bonds. The van der Waals surface area contributed by atoms with E-state index in [9.17, 15) is 5.11 Å². The fraction of sp³-hybridized carbons (Fsp3) is 1.00. The molecule has 2 fully saturated rings. The first-order valence-corrected chi connectivity index (χ1v) is 6.21. The smallest absolute Gasteiger partial charge is 0.0592 e. The summed E-state index contributed by atoms with van der Waals surface area (Å²) in [7, 11) is 0. The highest BCUT2D eigenvalue weighted by molar-refractivity contribution is 4.85. The number of nitrogens with zero attached hydrogens (tertiary/aromatic N) is 4. The molecule has 0 unspecified atom stereocenters. The van der Waals surface area contributed by atoms with Crippen molar-refractivity contribution in [3.63, 3.8) is 0 Å². The van der Waals surface area contributed by atoms with E-state index in [2.05, 4.69) is 14.9 Å². The summed E-state index contributed by atoms with van der Waals surface area (Å²) < 4.78 is 0. The highest BCUT2D eigenvalue weighted by Gasteiger charge is 2.32. The van der Waals surface area contributed by atoms with Crippen LogP contribution in [0.5, 0.6) is 0 Å². The predicted molar refractivity (Wildman–Crippen MR) is 61.9 cm³/mol. The Kier molecular flexibility index (Phi) is 4.04. The third-order valence-corrected chi connectivity index (χ3v) is 3.69. The van der Waals surface area contributed by atoms with Crippen LogP contribution in [-0.2, 0) is 0 Å². The van der Waals surface area contributed by atoms with Gasteiger partial charge < -0.3 is 10.0 Å². The number of likely N-dealkylation sites (tertiary alicyclic amines) is 1. The molecule has 0 aromatic carbocycles. The van der Waals surface area contributed by atoms with Crippen LogP contribution in [0.4, 0.5) is 0 Å². The van der Waals surface area contributed by atoms with Gasteiger partial charge in [0.2, 0.25) is 0 Å². The Balaban J connectivity index is 1.75. The van der Waals surface area contributed by atoms with E-state index in [1.54, 1.807) is 0 Å². The number of hydrogen-bond donors (Lipinski definition) is 1. The molecule has 0 aromatic heterocycles. The van der Waals surface area contributed by atoms with Gasteiger partial charge in [0.1, 0.15) is 0 Å². The predicted octanol–water partition coefficient (Wildman–Crippen LogP) is 1.78. The minimum Gasteiger partial charge on any atom is -0.393 e. The molecule has 0 spiro atoms. The van der Waals surface area contributed by atoms with Gasteiger partial charge in [0.25, 0.3) is 0 Å². The van der Waals surface area contributed by atoms with E-state index in [1.165, 1.54) is 19.3 Å². The van der Waals surface area contributed by atoms with Crippen molar-refractivity contribution in [2.75, 3.05) is 26.2 Å². The van der Waals surface area contributed by atoms with Crippen molar-refractivity contribution in [1.29, 1.82) is 0 Å². The summed E-state index contributed by atoms with van der Waals surface area (Å²) in [6.07, 6.45) is 4.63. The summed E-state index contributed by atoms with van der Waals surface area (Å²) in [6, 6.07) is 0. The summed E-state index contributed by atoms with van der Waals surface area (Å²) in [5.74, 6) is 1.31. The lowest BCUT2D eigenvalue weighted by Gasteiger charge is -2.36. The van der Waals surface area contributed by atoms with Gasteiger partial charge in [-0.25, -0.2) is 0 Å². The number of piperidine rings is 1. The molecule has 16 heavy (non-hydrogen) atoms. The molecule has 5 heteroatoms. The van der Waals surface area contributed by atoms with Gasteiger partial charge in [-0.05, 0) is 30.2 Å². The van der Waals surface area contributed by atoms with Crippen molar-refractivity contribution in [3.05, 3.63) is 10.4 Å². The fourth-order valence-corrected chi connectivity index (χ4v) is 2.54. The van der Waals surface area contributed by atoms with E-state index in [0.29, 0.717) is 12.5 Å². The Morgan fingerprint density at radius 3 is 2.88 bits per heavy atom.